The predicted octanol–water partition coefficient (Wildman–Crippen LogP) is 10.0. The Kier molecular flexibility index (Phi) is 36.9. The number of aliphatic hydroxyl groups excluding tert-OH is 1. The van der Waals surface area contributed by atoms with Crippen molar-refractivity contribution in [2.75, 3.05) is 19.8 Å². The van der Waals surface area contributed by atoms with Gasteiger partial charge in [0.05, 0.1) is 19.3 Å². The molecule has 5 N–H and O–H groups in total. The number of rotatable bonds is 37. The maximum Gasteiger partial charge on any atom is 0.472 e. The number of esters is 2. The van der Waals surface area contributed by atoms with Gasteiger partial charge in [-0.2, -0.15) is 0 Å². The molecule has 0 saturated carbocycles. The summed E-state index contributed by atoms with van der Waals surface area (Å²) in [6.07, 6.45) is 47.9. The van der Waals surface area contributed by atoms with Gasteiger partial charge in [-0.05, 0) is 77.0 Å². The summed E-state index contributed by atoms with van der Waals surface area (Å²) < 4.78 is 32.5. The maximum atomic E-state index is 12.6. The van der Waals surface area contributed by atoms with Gasteiger partial charge >= 0.3 is 25.7 Å². The Labute approximate surface area is 353 Å². The predicted molar refractivity (Wildman–Crippen MR) is 236 cm³/mol. The second-order valence-corrected chi connectivity index (χ2v) is 15.0. The molecule has 332 valence electrons. The van der Waals surface area contributed by atoms with Crippen molar-refractivity contribution in [2.24, 2.45) is 5.73 Å². The van der Waals surface area contributed by atoms with Gasteiger partial charge in [-0.15, -0.1) is 0 Å². The second kappa shape index (κ2) is 39.6. The van der Waals surface area contributed by atoms with Crippen LogP contribution in [-0.4, -0.2) is 71.1 Å². The molecule has 0 amide bonds. The fourth-order valence-electron chi connectivity index (χ4n) is 4.83. The molecule has 13 heteroatoms. The number of phosphoric acid groups is 1. The molecule has 0 aliphatic heterocycles. The first-order valence-electron chi connectivity index (χ1n) is 21.0. The van der Waals surface area contributed by atoms with Crippen molar-refractivity contribution in [2.45, 2.75) is 141 Å². The van der Waals surface area contributed by atoms with Crippen LogP contribution < -0.4 is 5.73 Å². The third-order valence-electron chi connectivity index (χ3n) is 8.11. The smallest absolute Gasteiger partial charge is 0.472 e. The van der Waals surface area contributed by atoms with E-state index in [9.17, 15) is 28.9 Å². The highest BCUT2D eigenvalue weighted by Crippen LogP contribution is 2.43. The highest BCUT2D eigenvalue weighted by atomic mass is 31.2. The van der Waals surface area contributed by atoms with E-state index < -0.39 is 63.8 Å². The van der Waals surface area contributed by atoms with Crippen LogP contribution >= 0.6 is 7.82 Å². The van der Waals surface area contributed by atoms with Crippen LogP contribution in [0, 0.1) is 0 Å². The summed E-state index contributed by atoms with van der Waals surface area (Å²) in [7, 11) is -4.75. The van der Waals surface area contributed by atoms with Gasteiger partial charge in [-0.25, -0.2) is 4.57 Å². The van der Waals surface area contributed by atoms with Gasteiger partial charge < -0.3 is 30.3 Å². The second-order valence-electron chi connectivity index (χ2n) is 13.6. The zero-order chi connectivity index (χ0) is 43.7. The molecule has 0 fully saturated rings. The molecule has 0 aliphatic rings. The summed E-state index contributed by atoms with van der Waals surface area (Å²) in [6, 6.07) is -1.55. The molecule has 0 aliphatic carbocycles. The third-order valence-corrected chi connectivity index (χ3v) is 9.06. The third kappa shape index (κ3) is 39.3. The minimum atomic E-state index is -4.75. The van der Waals surface area contributed by atoms with Crippen molar-refractivity contribution in [3.8, 4) is 0 Å². The quantitative estimate of drug-likeness (QED) is 0.0152. The van der Waals surface area contributed by atoms with Crippen molar-refractivity contribution in [1.82, 2.24) is 0 Å². The van der Waals surface area contributed by atoms with E-state index in [1.807, 2.05) is 54.7 Å². The zero-order valence-electron chi connectivity index (χ0n) is 35.4. The lowest BCUT2D eigenvalue weighted by Crippen LogP contribution is -2.34. The molecule has 59 heavy (non-hydrogen) atoms. The van der Waals surface area contributed by atoms with Gasteiger partial charge in [-0.1, -0.05) is 142 Å². The van der Waals surface area contributed by atoms with E-state index in [-0.39, 0.29) is 12.8 Å². The SMILES string of the molecule is CC/C=C\C/C=C\C/C=C\CCCCCCCC(=O)O[C@H](COC(=O)CC/C=C\C/C=C\C/C=C\C/C=C/C=C/C(O)C/C=C\CC)COP(=O)(O)OC[C@H](N)C(=O)O. The molecule has 0 spiro atoms. The Bertz CT molecular complexity index is 1430. The number of phosphoric ester groups is 1. The molecule has 0 heterocycles. The van der Waals surface area contributed by atoms with Gasteiger partial charge in [0.25, 0.3) is 0 Å². The lowest BCUT2D eigenvalue weighted by molar-refractivity contribution is -0.161. The van der Waals surface area contributed by atoms with E-state index in [1.165, 1.54) is 0 Å². The summed E-state index contributed by atoms with van der Waals surface area (Å²) in [4.78, 5) is 45.9. The summed E-state index contributed by atoms with van der Waals surface area (Å²) >= 11 is 0. The molecule has 0 radical (unpaired) electrons. The summed E-state index contributed by atoms with van der Waals surface area (Å²) in [5, 5.41) is 18.7. The zero-order valence-corrected chi connectivity index (χ0v) is 36.3. The van der Waals surface area contributed by atoms with Crippen molar-refractivity contribution < 1.29 is 52.6 Å². The Morgan fingerprint density at radius 2 is 1.14 bits per heavy atom. The monoisotopic (exact) mass is 845 g/mol. The fourth-order valence-corrected chi connectivity index (χ4v) is 5.61. The molecule has 0 rings (SSSR count). The van der Waals surface area contributed by atoms with Crippen LogP contribution in [0.2, 0.25) is 0 Å². The van der Waals surface area contributed by atoms with Crippen LogP contribution in [0.4, 0.5) is 0 Å². The fraction of sp³-hybridized carbons (Fsp3) is 0.543. The van der Waals surface area contributed by atoms with Gasteiger partial charge in [0.2, 0.25) is 0 Å². The lowest BCUT2D eigenvalue weighted by Gasteiger charge is -2.20. The molecule has 0 aromatic carbocycles. The Morgan fingerprint density at radius 1 is 0.610 bits per heavy atom. The van der Waals surface area contributed by atoms with Crippen molar-refractivity contribution >= 4 is 25.7 Å². The number of nitrogens with two attached hydrogens (primary N) is 1. The number of aliphatic hydroxyl groups is 1. The Balaban J connectivity index is 4.59. The molecule has 0 aromatic heterocycles. The van der Waals surface area contributed by atoms with Gasteiger partial charge in [0.15, 0.2) is 6.10 Å². The van der Waals surface area contributed by atoms with E-state index in [4.69, 9.17) is 24.8 Å². The topological polar surface area (TPSA) is 192 Å². The molecule has 0 aromatic rings. The molecule has 12 nitrogen and oxygen atoms in total. The van der Waals surface area contributed by atoms with Crippen LogP contribution in [0.15, 0.2) is 109 Å². The maximum absolute atomic E-state index is 12.6. The van der Waals surface area contributed by atoms with E-state index in [0.29, 0.717) is 25.7 Å². The summed E-state index contributed by atoms with van der Waals surface area (Å²) in [5.41, 5.74) is 5.32. The number of carbonyl (C=O) groups excluding carboxylic acids is 2. The number of ether oxygens (including phenoxy) is 2. The largest absolute Gasteiger partial charge is 0.480 e. The first-order valence-corrected chi connectivity index (χ1v) is 22.5. The minimum Gasteiger partial charge on any atom is -0.480 e. The van der Waals surface area contributed by atoms with Crippen LogP contribution in [0.5, 0.6) is 0 Å². The standard InChI is InChI=1S/C46H72NO11P/c1-3-5-7-8-9-10-11-12-13-16-20-23-26-29-33-37-45(50)58-42(39-56-59(53,54)57-40-43(47)46(51)52)38-55-44(49)36-32-28-25-22-19-17-14-15-18-21-24-27-31-35-41(48)34-30-6-4-2/h5-7,9-10,12-13,15,17-19,24-25,27-28,30-31,35,41-43,48H,3-4,8,11,14,16,20-23,26,29,32-34,36-40,47H2,1-2H3,(H,51,52)(H,53,54)/b7-5-,10-9-,13-12-,18-15-,19-17-,27-24+,28-25-,30-6-,35-31+/t41?,42-,43+/m1/s1. The highest BCUT2D eigenvalue weighted by molar-refractivity contribution is 7.47. The summed E-state index contributed by atoms with van der Waals surface area (Å²) in [5.74, 6) is -2.55. The van der Waals surface area contributed by atoms with Crippen molar-refractivity contribution in [1.29, 1.82) is 0 Å². The first kappa shape index (κ1) is 55.1. The number of unbranched alkanes of at least 4 members (excludes halogenated alkanes) is 5. The van der Waals surface area contributed by atoms with Crippen LogP contribution in [0.3, 0.4) is 0 Å². The number of allylic oxidation sites excluding steroid dienone is 16. The van der Waals surface area contributed by atoms with Gasteiger partial charge in [0, 0.05) is 12.8 Å². The lowest BCUT2D eigenvalue weighted by atomic mass is 10.1. The average molecular weight is 846 g/mol. The number of carboxylic acids is 1. The van der Waals surface area contributed by atoms with Gasteiger partial charge in [0.1, 0.15) is 12.6 Å². The van der Waals surface area contributed by atoms with E-state index in [1.54, 1.807) is 6.08 Å². The van der Waals surface area contributed by atoms with Gasteiger partial charge in [-0.3, -0.25) is 23.4 Å². The number of hydrogen-bond donors (Lipinski definition) is 4. The molecular weight excluding hydrogens is 773 g/mol. The molecule has 0 bridgehead atoms. The van der Waals surface area contributed by atoms with E-state index >= 15 is 0 Å². The van der Waals surface area contributed by atoms with E-state index in [2.05, 4.69) is 67.0 Å². The molecule has 2 unspecified atom stereocenters. The number of aliphatic carboxylic acids is 1. The normalized spacial score (nSPS) is 15.3. The van der Waals surface area contributed by atoms with E-state index in [0.717, 1.165) is 70.6 Å². The Morgan fingerprint density at radius 3 is 1.76 bits per heavy atom. The van der Waals surface area contributed by atoms with Crippen LogP contribution in [0.1, 0.15) is 123 Å². The minimum absolute atomic E-state index is 0.0699. The van der Waals surface area contributed by atoms with Crippen LogP contribution in [-0.2, 0) is 37.5 Å². The Hall–Kier alpha value is -3.90. The highest BCUT2D eigenvalue weighted by Gasteiger charge is 2.28. The number of carboxylic acid groups (broad SMARTS) is 1. The average Bonchev–Trinajstić information content (AvgIpc) is 3.20. The molecule has 4 atom stereocenters. The number of hydrogen-bond acceptors (Lipinski definition) is 10. The molecule has 0 saturated heterocycles. The van der Waals surface area contributed by atoms with Crippen molar-refractivity contribution in [3.05, 3.63) is 109 Å². The number of carbonyl (C=O) groups is 3. The van der Waals surface area contributed by atoms with Crippen LogP contribution in [0.25, 0.3) is 0 Å². The first-order chi connectivity index (χ1) is 28.5. The molecular formula is C46H72NO11P. The van der Waals surface area contributed by atoms with Crippen molar-refractivity contribution in [3.63, 3.8) is 0 Å². The summed E-state index contributed by atoms with van der Waals surface area (Å²) in [6.45, 7) is 2.35.